The highest BCUT2D eigenvalue weighted by Gasteiger charge is 2.08. The molecular weight excluding hydrogens is 340 g/mol. The first-order chi connectivity index (χ1) is 11.7. The maximum atomic E-state index is 11.9. The number of nitrogens with one attached hydrogen (secondary N) is 1. The Kier molecular flexibility index (Phi) is 9.43. The summed E-state index contributed by atoms with van der Waals surface area (Å²) >= 11 is 0. The van der Waals surface area contributed by atoms with Crippen molar-refractivity contribution >= 4 is 18.3 Å². The first-order valence-electron chi connectivity index (χ1n) is 7.97. The van der Waals surface area contributed by atoms with Crippen LogP contribution in [0.1, 0.15) is 5.56 Å². The second kappa shape index (κ2) is 11.3. The number of ether oxygens (including phenoxy) is 2. The van der Waals surface area contributed by atoms with Crippen molar-refractivity contribution in [3.63, 3.8) is 0 Å². The molecule has 6 heteroatoms. The zero-order chi connectivity index (χ0) is 17.2. The molecule has 0 bridgehead atoms. The van der Waals surface area contributed by atoms with Gasteiger partial charge in [0.25, 0.3) is 5.91 Å². The summed E-state index contributed by atoms with van der Waals surface area (Å²) in [6.07, 6.45) is 0. The van der Waals surface area contributed by atoms with Gasteiger partial charge in [-0.05, 0) is 36.9 Å². The van der Waals surface area contributed by atoms with E-state index in [2.05, 4.69) is 5.32 Å². The lowest BCUT2D eigenvalue weighted by molar-refractivity contribution is -0.131. The first-order valence-corrected chi connectivity index (χ1v) is 7.97. The van der Waals surface area contributed by atoms with Gasteiger partial charge in [-0.1, -0.05) is 30.3 Å². The molecule has 5 nitrogen and oxygen atoms in total. The minimum atomic E-state index is -0.0466. The topological polar surface area (TPSA) is 50.8 Å². The number of hydrogen-bond donors (Lipinski definition) is 1. The van der Waals surface area contributed by atoms with E-state index >= 15 is 0 Å². The molecule has 0 spiro atoms. The molecule has 0 fully saturated rings. The van der Waals surface area contributed by atoms with Crippen LogP contribution in [0.2, 0.25) is 0 Å². The molecule has 0 aromatic heterocycles. The number of rotatable bonds is 9. The van der Waals surface area contributed by atoms with Crippen molar-refractivity contribution < 1.29 is 14.3 Å². The number of carbonyl (C=O) groups excluding carboxylic acids is 1. The minimum Gasteiger partial charge on any atom is -0.489 e. The molecular formula is C19H25ClN2O3. The maximum Gasteiger partial charge on any atom is 0.260 e. The molecule has 2 aromatic rings. The van der Waals surface area contributed by atoms with E-state index in [1.54, 1.807) is 24.1 Å². The van der Waals surface area contributed by atoms with Gasteiger partial charge in [0.05, 0.1) is 0 Å². The molecule has 0 saturated carbocycles. The Hall–Kier alpha value is -2.24. The van der Waals surface area contributed by atoms with Crippen molar-refractivity contribution in [2.45, 2.75) is 6.61 Å². The molecule has 0 saturated heterocycles. The quantitative estimate of drug-likeness (QED) is 0.743. The lowest BCUT2D eigenvalue weighted by atomic mass is 10.2. The van der Waals surface area contributed by atoms with Crippen molar-refractivity contribution in [3.05, 3.63) is 60.2 Å². The molecule has 25 heavy (non-hydrogen) atoms. The third-order valence-corrected chi connectivity index (χ3v) is 3.56. The molecule has 0 heterocycles. The van der Waals surface area contributed by atoms with E-state index < -0.39 is 0 Å². The van der Waals surface area contributed by atoms with Gasteiger partial charge in [0.15, 0.2) is 6.61 Å². The second-order valence-electron chi connectivity index (χ2n) is 5.45. The zero-order valence-corrected chi connectivity index (χ0v) is 15.4. The highest BCUT2D eigenvalue weighted by molar-refractivity contribution is 5.85. The van der Waals surface area contributed by atoms with Crippen molar-refractivity contribution in [2.24, 2.45) is 0 Å². The first kappa shape index (κ1) is 20.8. The average Bonchev–Trinajstić information content (AvgIpc) is 2.64. The number of hydrogen-bond acceptors (Lipinski definition) is 4. The fourth-order valence-electron chi connectivity index (χ4n) is 2.03. The zero-order valence-electron chi connectivity index (χ0n) is 14.6. The lowest BCUT2D eigenvalue weighted by Gasteiger charge is -2.17. The number of carbonyl (C=O) groups is 1. The predicted octanol–water partition coefficient (Wildman–Crippen LogP) is 2.74. The van der Waals surface area contributed by atoms with Crippen LogP contribution in [0.3, 0.4) is 0 Å². The normalized spacial score (nSPS) is 9.84. The van der Waals surface area contributed by atoms with E-state index in [1.165, 1.54) is 0 Å². The number of likely N-dealkylation sites (N-methyl/N-ethyl adjacent to an activating group) is 2. The smallest absolute Gasteiger partial charge is 0.260 e. The van der Waals surface area contributed by atoms with E-state index in [9.17, 15) is 4.79 Å². The molecule has 1 N–H and O–H groups in total. The van der Waals surface area contributed by atoms with Crippen LogP contribution in [-0.2, 0) is 11.4 Å². The fraction of sp³-hybridized carbons (Fsp3) is 0.316. The summed E-state index contributed by atoms with van der Waals surface area (Å²) in [5, 5.41) is 3.01. The summed E-state index contributed by atoms with van der Waals surface area (Å²) in [7, 11) is 3.62. The van der Waals surface area contributed by atoms with Gasteiger partial charge in [-0.15, -0.1) is 12.4 Å². The standard InChI is InChI=1S/C19H24N2O3.ClH/c1-20-12-13-21(2)19(22)15-24-18-10-8-17(9-11-18)23-14-16-6-4-3-5-7-16;/h3-11,20H,12-15H2,1-2H3;1H. The SMILES string of the molecule is CNCCN(C)C(=O)COc1ccc(OCc2ccccc2)cc1.Cl. The number of amides is 1. The van der Waals surface area contributed by atoms with E-state index in [0.717, 1.165) is 17.9 Å². The van der Waals surface area contributed by atoms with Gasteiger partial charge in [0.2, 0.25) is 0 Å². The summed E-state index contributed by atoms with van der Waals surface area (Å²) in [6, 6.07) is 17.3. The highest BCUT2D eigenvalue weighted by atomic mass is 35.5. The summed E-state index contributed by atoms with van der Waals surface area (Å²) in [6.45, 7) is 1.97. The van der Waals surface area contributed by atoms with E-state index in [-0.39, 0.29) is 24.9 Å². The Morgan fingerprint density at radius 3 is 2.20 bits per heavy atom. The third kappa shape index (κ3) is 7.45. The number of benzene rings is 2. The second-order valence-corrected chi connectivity index (χ2v) is 5.45. The largest absolute Gasteiger partial charge is 0.489 e. The number of halogens is 1. The molecule has 1 amide bonds. The highest BCUT2D eigenvalue weighted by Crippen LogP contribution is 2.18. The van der Waals surface area contributed by atoms with Crippen LogP contribution in [0.5, 0.6) is 11.5 Å². The summed E-state index contributed by atoms with van der Waals surface area (Å²) in [5.74, 6) is 1.37. The van der Waals surface area contributed by atoms with Gasteiger partial charge in [0, 0.05) is 20.1 Å². The van der Waals surface area contributed by atoms with Crippen LogP contribution in [0, 0.1) is 0 Å². The van der Waals surface area contributed by atoms with E-state index in [1.807, 2.05) is 49.5 Å². The molecule has 0 atom stereocenters. The Labute approximate surface area is 155 Å². The number of nitrogens with zero attached hydrogens (tertiary/aromatic N) is 1. The van der Waals surface area contributed by atoms with Crippen LogP contribution in [0.4, 0.5) is 0 Å². The monoisotopic (exact) mass is 364 g/mol. The molecule has 0 radical (unpaired) electrons. The van der Waals surface area contributed by atoms with Crippen molar-refractivity contribution in [1.82, 2.24) is 10.2 Å². The van der Waals surface area contributed by atoms with Crippen LogP contribution in [-0.4, -0.2) is 44.6 Å². The molecule has 2 aromatic carbocycles. The molecule has 0 aliphatic carbocycles. The third-order valence-electron chi connectivity index (χ3n) is 3.56. The maximum absolute atomic E-state index is 11.9. The van der Waals surface area contributed by atoms with Gasteiger partial charge in [-0.25, -0.2) is 0 Å². The van der Waals surface area contributed by atoms with Crippen LogP contribution >= 0.6 is 12.4 Å². The molecule has 0 unspecified atom stereocenters. The van der Waals surface area contributed by atoms with E-state index in [4.69, 9.17) is 9.47 Å². The van der Waals surface area contributed by atoms with Gasteiger partial charge >= 0.3 is 0 Å². The molecule has 0 aliphatic rings. The van der Waals surface area contributed by atoms with Crippen molar-refractivity contribution in [2.75, 3.05) is 33.8 Å². The van der Waals surface area contributed by atoms with Gasteiger partial charge < -0.3 is 19.7 Å². The lowest BCUT2D eigenvalue weighted by Crippen LogP contribution is -2.35. The van der Waals surface area contributed by atoms with Crippen molar-refractivity contribution in [3.8, 4) is 11.5 Å². The summed E-state index contributed by atoms with van der Waals surface area (Å²) < 4.78 is 11.2. The van der Waals surface area contributed by atoms with Crippen LogP contribution < -0.4 is 14.8 Å². The molecule has 0 aliphatic heterocycles. The Balaban J connectivity index is 0.00000312. The van der Waals surface area contributed by atoms with E-state index in [0.29, 0.717) is 18.9 Å². The average molecular weight is 365 g/mol. The summed E-state index contributed by atoms with van der Waals surface area (Å²) in [4.78, 5) is 13.5. The Morgan fingerprint density at radius 1 is 1.00 bits per heavy atom. The summed E-state index contributed by atoms with van der Waals surface area (Å²) in [5.41, 5.74) is 1.12. The predicted molar refractivity (Wildman–Crippen MR) is 102 cm³/mol. The van der Waals surface area contributed by atoms with Crippen LogP contribution in [0.15, 0.2) is 54.6 Å². The van der Waals surface area contributed by atoms with Gasteiger partial charge in [-0.3, -0.25) is 4.79 Å². The van der Waals surface area contributed by atoms with Gasteiger partial charge in [-0.2, -0.15) is 0 Å². The van der Waals surface area contributed by atoms with Crippen LogP contribution in [0.25, 0.3) is 0 Å². The fourth-order valence-corrected chi connectivity index (χ4v) is 2.03. The Bertz CT molecular complexity index is 620. The Morgan fingerprint density at radius 2 is 1.60 bits per heavy atom. The van der Waals surface area contributed by atoms with Gasteiger partial charge in [0.1, 0.15) is 18.1 Å². The molecule has 136 valence electrons. The minimum absolute atomic E-state index is 0. The molecule has 2 rings (SSSR count). The van der Waals surface area contributed by atoms with Crippen molar-refractivity contribution in [1.29, 1.82) is 0 Å².